The fraction of sp³-hybridized carbons (Fsp3) is 0.316. The molecule has 2 N–H and O–H groups in total. The summed E-state index contributed by atoms with van der Waals surface area (Å²) in [6.07, 6.45) is 1.46. The molecular formula is C19H22BrNO3. The van der Waals surface area contributed by atoms with E-state index < -0.39 is 0 Å². The van der Waals surface area contributed by atoms with Crippen LogP contribution >= 0.6 is 15.9 Å². The first-order valence-corrected chi connectivity index (χ1v) is 8.72. The second-order valence-corrected chi connectivity index (χ2v) is 6.36. The molecule has 4 nitrogen and oxygen atoms in total. The van der Waals surface area contributed by atoms with Crippen LogP contribution in [0, 0.1) is 0 Å². The molecule has 0 aliphatic heterocycles. The maximum Gasteiger partial charge on any atom is 0.252 e. The van der Waals surface area contributed by atoms with Crippen LogP contribution in [0.2, 0.25) is 0 Å². The molecule has 128 valence electrons. The Morgan fingerprint density at radius 3 is 2.62 bits per heavy atom. The quantitative estimate of drug-likeness (QED) is 0.720. The minimum Gasteiger partial charge on any atom is -0.497 e. The normalized spacial score (nSPS) is 11.8. The van der Waals surface area contributed by atoms with Gasteiger partial charge in [0.05, 0.1) is 12.7 Å². The van der Waals surface area contributed by atoms with E-state index in [1.54, 1.807) is 25.3 Å². The Hall–Kier alpha value is -1.85. The van der Waals surface area contributed by atoms with E-state index in [4.69, 9.17) is 4.74 Å². The van der Waals surface area contributed by atoms with Crippen LogP contribution in [0.4, 0.5) is 0 Å². The zero-order valence-corrected chi connectivity index (χ0v) is 15.3. The van der Waals surface area contributed by atoms with Crippen LogP contribution in [-0.4, -0.2) is 31.3 Å². The largest absolute Gasteiger partial charge is 0.497 e. The predicted molar refractivity (Wildman–Crippen MR) is 98.5 cm³/mol. The van der Waals surface area contributed by atoms with Crippen molar-refractivity contribution in [2.45, 2.75) is 18.8 Å². The smallest absolute Gasteiger partial charge is 0.252 e. The Balaban J connectivity index is 1.96. The van der Waals surface area contributed by atoms with Gasteiger partial charge in [-0.05, 0) is 58.5 Å². The molecule has 0 unspecified atom stereocenters. The number of hydrogen-bond donors (Lipinski definition) is 2. The molecular weight excluding hydrogens is 370 g/mol. The molecule has 2 aromatic carbocycles. The molecule has 0 radical (unpaired) electrons. The van der Waals surface area contributed by atoms with Crippen molar-refractivity contribution in [1.29, 1.82) is 0 Å². The lowest BCUT2D eigenvalue weighted by Crippen LogP contribution is -2.26. The molecule has 2 aromatic rings. The first kappa shape index (κ1) is 18.5. The number of rotatable bonds is 8. The topological polar surface area (TPSA) is 58.6 Å². The van der Waals surface area contributed by atoms with Gasteiger partial charge in [-0.25, -0.2) is 0 Å². The van der Waals surface area contributed by atoms with E-state index in [-0.39, 0.29) is 18.4 Å². The third-order valence-corrected chi connectivity index (χ3v) is 4.64. The number of hydrogen-bond acceptors (Lipinski definition) is 3. The second kappa shape index (κ2) is 9.45. The van der Waals surface area contributed by atoms with Crippen molar-refractivity contribution in [2.75, 3.05) is 20.3 Å². The minimum atomic E-state index is -0.142. The highest BCUT2D eigenvalue weighted by molar-refractivity contribution is 9.10. The Bertz CT molecular complexity index is 661. The van der Waals surface area contributed by atoms with Gasteiger partial charge in [0.1, 0.15) is 5.75 Å². The molecule has 0 fully saturated rings. The summed E-state index contributed by atoms with van der Waals surface area (Å²) in [7, 11) is 1.57. The molecule has 0 heterocycles. The third-order valence-electron chi connectivity index (χ3n) is 3.95. The van der Waals surface area contributed by atoms with Gasteiger partial charge in [-0.3, -0.25) is 4.79 Å². The van der Waals surface area contributed by atoms with Gasteiger partial charge >= 0.3 is 0 Å². The lowest BCUT2D eigenvalue weighted by molar-refractivity contribution is 0.0951. The fourth-order valence-corrected chi connectivity index (χ4v) is 3.05. The van der Waals surface area contributed by atoms with Gasteiger partial charge in [0.15, 0.2) is 0 Å². The van der Waals surface area contributed by atoms with Crippen molar-refractivity contribution in [1.82, 2.24) is 5.32 Å². The van der Waals surface area contributed by atoms with E-state index in [0.717, 1.165) is 10.9 Å². The molecule has 1 amide bonds. The van der Waals surface area contributed by atoms with Crippen LogP contribution in [0.3, 0.4) is 0 Å². The maximum atomic E-state index is 12.4. The van der Waals surface area contributed by atoms with E-state index in [2.05, 4.69) is 33.4 Å². The van der Waals surface area contributed by atoms with Gasteiger partial charge in [-0.1, -0.05) is 30.3 Å². The van der Waals surface area contributed by atoms with E-state index >= 15 is 0 Å². The number of aliphatic hydroxyl groups excluding tert-OH is 1. The first-order valence-electron chi connectivity index (χ1n) is 7.93. The Morgan fingerprint density at radius 2 is 1.96 bits per heavy atom. The van der Waals surface area contributed by atoms with Crippen molar-refractivity contribution >= 4 is 21.8 Å². The zero-order valence-electron chi connectivity index (χ0n) is 13.7. The summed E-state index contributed by atoms with van der Waals surface area (Å²) in [5, 5.41) is 12.2. The fourth-order valence-electron chi connectivity index (χ4n) is 2.62. The lowest BCUT2D eigenvalue weighted by atomic mass is 9.93. The zero-order chi connectivity index (χ0) is 17.4. The summed E-state index contributed by atoms with van der Waals surface area (Å²) >= 11 is 3.39. The number of carbonyl (C=O) groups excluding carboxylic acids is 1. The van der Waals surface area contributed by atoms with Gasteiger partial charge in [-0.15, -0.1) is 0 Å². The highest BCUT2D eigenvalue weighted by Crippen LogP contribution is 2.24. The molecule has 0 spiro atoms. The lowest BCUT2D eigenvalue weighted by Gasteiger charge is -2.17. The number of aliphatic hydroxyl groups is 1. The van der Waals surface area contributed by atoms with Crippen LogP contribution in [0.25, 0.3) is 0 Å². The standard InChI is InChI=1S/C19H22BrNO3/c1-24-16-7-8-18(20)17(13-16)19(23)21-11-9-15(10-12-22)14-5-3-2-4-6-14/h2-8,13,15,22H,9-12H2,1H3,(H,21,23)/t15-/m0/s1. The highest BCUT2D eigenvalue weighted by Gasteiger charge is 2.14. The van der Waals surface area contributed by atoms with E-state index in [0.29, 0.717) is 24.3 Å². The summed E-state index contributed by atoms with van der Waals surface area (Å²) in [4.78, 5) is 12.4. The first-order chi connectivity index (χ1) is 11.7. The van der Waals surface area contributed by atoms with Crippen molar-refractivity contribution in [3.8, 4) is 5.75 Å². The second-order valence-electron chi connectivity index (χ2n) is 5.51. The van der Waals surface area contributed by atoms with Gasteiger partial charge in [-0.2, -0.15) is 0 Å². The summed E-state index contributed by atoms with van der Waals surface area (Å²) in [6, 6.07) is 15.4. The Labute approximate surface area is 151 Å². The van der Waals surface area contributed by atoms with Gasteiger partial charge in [0, 0.05) is 17.6 Å². The van der Waals surface area contributed by atoms with Crippen LogP contribution in [0.5, 0.6) is 5.75 Å². The molecule has 0 aromatic heterocycles. The summed E-state index contributed by atoms with van der Waals surface area (Å²) in [5.74, 6) is 0.729. The highest BCUT2D eigenvalue weighted by atomic mass is 79.9. The summed E-state index contributed by atoms with van der Waals surface area (Å²) in [5.41, 5.74) is 1.73. The molecule has 0 aliphatic rings. The number of amides is 1. The average molecular weight is 392 g/mol. The number of carbonyl (C=O) groups is 1. The van der Waals surface area contributed by atoms with Crippen molar-refractivity contribution in [3.05, 3.63) is 64.1 Å². The van der Waals surface area contributed by atoms with Crippen molar-refractivity contribution in [2.24, 2.45) is 0 Å². The van der Waals surface area contributed by atoms with E-state index in [1.807, 2.05) is 18.2 Å². The number of nitrogens with one attached hydrogen (secondary N) is 1. The van der Waals surface area contributed by atoms with Crippen LogP contribution in [0.1, 0.15) is 34.7 Å². The number of methoxy groups -OCH3 is 1. The molecule has 1 atom stereocenters. The average Bonchev–Trinajstić information content (AvgIpc) is 2.62. The molecule has 0 saturated heterocycles. The molecule has 0 bridgehead atoms. The number of ether oxygens (including phenoxy) is 1. The van der Waals surface area contributed by atoms with Crippen LogP contribution in [-0.2, 0) is 0 Å². The number of halogens is 1. The minimum absolute atomic E-state index is 0.134. The maximum absolute atomic E-state index is 12.4. The van der Waals surface area contributed by atoms with E-state index in [1.165, 1.54) is 5.56 Å². The monoisotopic (exact) mass is 391 g/mol. The Morgan fingerprint density at radius 1 is 1.21 bits per heavy atom. The Kier molecular flexibility index (Phi) is 7.28. The van der Waals surface area contributed by atoms with Gasteiger partial charge in [0.2, 0.25) is 0 Å². The molecule has 5 heteroatoms. The molecule has 24 heavy (non-hydrogen) atoms. The van der Waals surface area contributed by atoms with Crippen molar-refractivity contribution < 1.29 is 14.6 Å². The third kappa shape index (κ3) is 5.08. The predicted octanol–water partition coefficient (Wildman–Crippen LogP) is 3.74. The number of benzene rings is 2. The summed E-state index contributed by atoms with van der Waals surface area (Å²) in [6.45, 7) is 0.678. The van der Waals surface area contributed by atoms with Crippen LogP contribution < -0.4 is 10.1 Å². The molecule has 0 saturated carbocycles. The SMILES string of the molecule is COc1ccc(Br)c(C(=O)NCC[C@@H](CCO)c2ccccc2)c1. The molecule has 0 aliphatic carbocycles. The molecule has 2 rings (SSSR count). The van der Waals surface area contributed by atoms with Gasteiger partial charge < -0.3 is 15.2 Å². The van der Waals surface area contributed by atoms with Crippen molar-refractivity contribution in [3.63, 3.8) is 0 Å². The van der Waals surface area contributed by atoms with Crippen LogP contribution in [0.15, 0.2) is 53.0 Å². The van der Waals surface area contributed by atoms with Gasteiger partial charge in [0.25, 0.3) is 5.91 Å². The summed E-state index contributed by atoms with van der Waals surface area (Å²) < 4.78 is 5.90. The van der Waals surface area contributed by atoms with E-state index in [9.17, 15) is 9.90 Å².